The molecule has 2 aromatic rings. The van der Waals surface area contributed by atoms with Crippen molar-refractivity contribution in [3.63, 3.8) is 0 Å². The number of hydrogen-bond acceptors (Lipinski definition) is 2. The first-order valence-electron chi connectivity index (χ1n) is 7.15. The van der Waals surface area contributed by atoms with Gasteiger partial charge in [0.2, 0.25) is 0 Å². The molecule has 0 saturated heterocycles. The van der Waals surface area contributed by atoms with Gasteiger partial charge in [0.05, 0.1) is 0 Å². The fourth-order valence-electron chi connectivity index (χ4n) is 2.39. The lowest BCUT2D eigenvalue weighted by molar-refractivity contribution is 0.628. The lowest BCUT2D eigenvalue weighted by atomic mass is 10.1. The number of nitrogens with one attached hydrogen (secondary N) is 1. The van der Waals surface area contributed by atoms with Gasteiger partial charge in [-0.1, -0.05) is 23.7 Å². The first kappa shape index (κ1) is 14.4. The Morgan fingerprint density at radius 3 is 2.71 bits per heavy atom. The van der Waals surface area contributed by atoms with E-state index in [0.29, 0.717) is 6.04 Å². The molecule has 0 amide bonds. The summed E-state index contributed by atoms with van der Waals surface area (Å²) in [5.74, 6) is -0.237. The maximum atomic E-state index is 13.4. The van der Waals surface area contributed by atoms with E-state index in [2.05, 4.69) is 5.32 Å². The predicted molar refractivity (Wildman–Crippen MR) is 85.8 cm³/mol. The first-order valence-corrected chi connectivity index (χ1v) is 7.53. The van der Waals surface area contributed by atoms with Crippen LogP contribution in [-0.4, -0.2) is 13.1 Å². The normalized spacial score (nSPS) is 14.2. The van der Waals surface area contributed by atoms with E-state index in [9.17, 15) is 4.39 Å². The van der Waals surface area contributed by atoms with Crippen LogP contribution in [0.2, 0.25) is 5.02 Å². The van der Waals surface area contributed by atoms with Crippen LogP contribution >= 0.6 is 11.6 Å². The molecule has 3 rings (SSSR count). The van der Waals surface area contributed by atoms with Gasteiger partial charge in [0, 0.05) is 41.6 Å². The van der Waals surface area contributed by atoms with Crippen LogP contribution in [0.3, 0.4) is 0 Å². The maximum Gasteiger partial charge on any atom is 0.125 e. The van der Waals surface area contributed by atoms with Crippen LogP contribution in [0.5, 0.6) is 0 Å². The fraction of sp³-hybridized carbons (Fsp3) is 0.294. The molecule has 1 N–H and O–H groups in total. The van der Waals surface area contributed by atoms with Crippen LogP contribution in [0.25, 0.3) is 0 Å². The number of halogens is 2. The van der Waals surface area contributed by atoms with E-state index in [4.69, 9.17) is 11.6 Å². The van der Waals surface area contributed by atoms with Gasteiger partial charge in [-0.3, -0.25) is 0 Å². The Kier molecular flexibility index (Phi) is 4.13. The molecule has 2 nitrogen and oxygen atoms in total. The number of hydrogen-bond donors (Lipinski definition) is 1. The highest BCUT2D eigenvalue weighted by molar-refractivity contribution is 6.31. The summed E-state index contributed by atoms with van der Waals surface area (Å²) in [5, 5.41) is 4.23. The Bertz CT molecular complexity index is 640. The van der Waals surface area contributed by atoms with E-state index in [0.717, 1.165) is 28.5 Å². The van der Waals surface area contributed by atoms with Gasteiger partial charge in [-0.2, -0.15) is 0 Å². The summed E-state index contributed by atoms with van der Waals surface area (Å²) < 4.78 is 13.4. The Hall–Kier alpha value is -1.58. The third-order valence-corrected chi connectivity index (χ3v) is 4.15. The van der Waals surface area contributed by atoms with Gasteiger partial charge in [0.15, 0.2) is 0 Å². The first-order chi connectivity index (χ1) is 10.1. The van der Waals surface area contributed by atoms with Gasteiger partial charge in [-0.25, -0.2) is 4.39 Å². The average molecular weight is 305 g/mol. The summed E-state index contributed by atoms with van der Waals surface area (Å²) in [5.41, 5.74) is 2.86. The average Bonchev–Trinajstić information content (AvgIpc) is 3.29. The largest absolute Gasteiger partial charge is 0.344 e. The van der Waals surface area contributed by atoms with E-state index < -0.39 is 0 Å². The van der Waals surface area contributed by atoms with Crippen LogP contribution in [0.1, 0.15) is 18.4 Å². The molecule has 0 aromatic heterocycles. The highest BCUT2D eigenvalue weighted by Crippen LogP contribution is 2.32. The second-order valence-electron chi connectivity index (χ2n) is 5.43. The van der Waals surface area contributed by atoms with Crippen molar-refractivity contribution in [3.05, 3.63) is 58.9 Å². The fourth-order valence-corrected chi connectivity index (χ4v) is 2.63. The van der Waals surface area contributed by atoms with Crippen molar-refractivity contribution in [2.75, 3.05) is 11.9 Å². The zero-order valence-corrected chi connectivity index (χ0v) is 12.7. The van der Waals surface area contributed by atoms with Gasteiger partial charge >= 0.3 is 0 Å². The minimum absolute atomic E-state index is 0.237. The SMILES string of the molecule is CN(c1cccc(F)c1)c1cccc(Cl)c1CNC1CC1. The number of rotatable bonds is 5. The lowest BCUT2D eigenvalue weighted by Gasteiger charge is -2.23. The van der Waals surface area contributed by atoms with Crippen LogP contribution in [0.15, 0.2) is 42.5 Å². The van der Waals surface area contributed by atoms with Gasteiger partial charge in [-0.05, 0) is 43.2 Å². The Morgan fingerprint density at radius 1 is 1.24 bits per heavy atom. The third kappa shape index (κ3) is 3.36. The van der Waals surface area contributed by atoms with E-state index in [-0.39, 0.29) is 5.82 Å². The lowest BCUT2D eigenvalue weighted by Crippen LogP contribution is -2.19. The van der Waals surface area contributed by atoms with Crippen molar-refractivity contribution in [2.45, 2.75) is 25.4 Å². The van der Waals surface area contributed by atoms with Crippen molar-refractivity contribution in [1.29, 1.82) is 0 Å². The van der Waals surface area contributed by atoms with Crippen LogP contribution in [0, 0.1) is 5.82 Å². The molecule has 1 aliphatic rings. The van der Waals surface area contributed by atoms with Crippen molar-refractivity contribution >= 4 is 23.0 Å². The third-order valence-electron chi connectivity index (χ3n) is 3.80. The smallest absolute Gasteiger partial charge is 0.125 e. The molecule has 0 heterocycles. The summed E-state index contributed by atoms with van der Waals surface area (Å²) in [6, 6.07) is 13.0. The highest BCUT2D eigenvalue weighted by atomic mass is 35.5. The Morgan fingerprint density at radius 2 is 2.00 bits per heavy atom. The van der Waals surface area contributed by atoms with Crippen molar-refractivity contribution < 1.29 is 4.39 Å². The summed E-state index contributed by atoms with van der Waals surface area (Å²) in [4.78, 5) is 1.97. The van der Waals surface area contributed by atoms with E-state index in [1.807, 2.05) is 36.2 Å². The van der Waals surface area contributed by atoms with E-state index in [1.165, 1.54) is 25.0 Å². The molecule has 0 unspecified atom stereocenters. The predicted octanol–water partition coefficient (Wildman–Crippen LogP) is 4.50. The molecule has 0 aliphatic heterocycles. The standard InChI is InChI=1S/C17H18ClFN2/c1-21(14-5-2-4-12(19)10-14)17-7-3-6-16(18)15(17)11-20-13-8-9-13/h2-7,10,13,20H,8-9,11H2,1H3. The maximum absolute atomic E-state index is 13.4. The molecule has 4 heteroatoms. The zero-order chi connectivity index (χ0) is 14.8. The van der Waals surface area contributed by atoms with Crippen molar-refractivity contribution in [3.8, 4) is 0 Å². The molecule has 0 radical (unpaired) electrons. The van der Waals surface area contributed by atoms with Gasteiger partial charge < -0.3 is 10.2 Å². The quantitative estimate of drug-likeness (QED) is 0.875. The molecule has 1 aliphatic carbocycles. The molecule has 0 spiro atoms. The summed E-state index contributed by atoms with van der Waals surface area (Å²) >= 11 is 6.36. The molecular formula is C17H18ClFN2. The number of nitrogens with zero attached hydrogens (tertiary/aromatic N) is 1. The van der Waals surface area contributed by atoms with E-state index in [1.54, 1.807) is 6.07 Å². The second kappa shape index (κ2) is 6.04. The Balaban J connectivity index is 1.90. The molecule has 110 valence electrons. The molecule has 21 heavy (non-hydrogen) atoms. The molecule has 0 bridgehead atoms. The molecule has 2 aromatic carbocycles. The number of benzene rings is 2. The summed E-state index contributed by atoms with van der Waals surface area (Å²) in [7, 11) is 1.93. The highest BCUT2D eigenvalue weighted by Gasteiger charge is 2.21. The van der Waals surface area contributed by atoms with Crippen molar-refractivity contribution in [1.82, 2.24) is 5.32 Å². The van der Waals surface area contributed by atoms with Gasteiger partial charge in [0.25, 0.3) is 0 Å². The Labute approximate surface area is 129 Å². The van der Waals surface area contributed by atoms with Crippen LogP contribution in [-0.2, 0) is 6.54 Å². The minimum Gasteiger partial charge on any atom is -0.344 e. The van der Waals surface area contributed by atoms with Crippen molar-refractivity contribution in [2.24, 2.45) is 0 Å². The monoisotopic (exact) mass is 304 g/mol. The summed E-state index contributed by atoms with van der Waals surface area (Å²) in [6.07, 6.45) is 2.47. The molecular weight excluding hydrogens is 287 g/mol. The number of anilines is 2. The van der Waals surface area contributed by atoms with Crippen LogP contribution < -0.4 is 10.2 Å². The van der Waals surface area contributed by atoms with Crippen LogP contribution in [0.4, 0.5) is 15.8 Å². The topological polar surface area (TPSA) is 15.3 Å². The van der Waals surface area contributed by atoms with Gasteiger partial charge in [-0.15, -0.1) is 0 Å². The second-order valence-corrected chi connectivity index (χ2v) is 5.84. The molecule has 1 fully saturated rings. The molecule has 1 saturated carbocycles. The van der Waals surface area contributed by atoms with E-state index >= 15 is 0 Å². The summed E-state index contributed by atoms with van der Waals surface area (Å²) in [6.45, 7) is 0.735. The minimum atomic E-state index is -0.237. The molecule has 0 atom stereocenters. The zero-order valence-electron chi connectivity index (χ0n) is 11.9. The van der Waals surface area contributed by atoms with Gasteiger partial charge in [0.1, 0.15) is 5.82 Å².